The van der Waals surface area contributed by atoms with E-state index in [4.69, 9.17) is 5.73 Å². The SMILES string of the molecule is Cc1cccc(SCc2cccc([N+](=O)[O-])c2)c1N. The molecule has 0 saturated carbocycles. The molecular weight excluding hydrogens is 260 g/mol. The van der Waals surface area contributed by atoms with Gasteiger partial charge in [-0.05, 0) is 24.1 Å². The van der Waals surface area contributed by atoms with Crippen molar-refractivity contribution in [2.75, 3.05) is 5.73 Å². The van der Waals surface area contributed by atoms with Gasteiger partial charge in [-0.2, -0.15) is 0 Å². The van der Waals surface area contributed by atoms with Crippen molar-refractivity contribution >= 4 is 23.1 Å². The molecule has 0 unspecified atom stereocenters. The zero-order valence-corrected chi connectivity index (χ0v) is 11.3. The number of non-ortho nitro benzene ring substituents is 1. The first-order valence-electron chi connectivity index (χ1n) is 5.79. The first kappa shape index (κ1) is 13.4. The van der Waals surface area contributed by atoms with Gasteiger partial charge >= 0.3 is 0 Å². The Morgan fingerprint density at radius 3 is 2.74 bits per heavy atom. The smallest absolute Gasteiger partial charge is 0.269 e. The largest absolute Gasteiger partial charge is 0.398 e. The van der Waals surface area contributed by atoms with Crippen LogP contribution in [0.2, 0.25) is 0 Å². The quantitative estimate of drug-likeness (QED) is 0.399. The number of thioether (sulfide) groups is 1. The molecule has 19 heavy (non-hydrogen) atoms. The average molecular weight is 274 g/mol. The van der Waals surface area contributed by atoms with Crippen LogP contribution in [0.4, 0.5) is 11.4 Å². The summed E-state index contributed by atoms with van der Waals surface area (Å²) in [5, 5.41) is 10.7. The minimum absolute atomic E-state index is 0.121. The molecule has 2 N–H and O–H groups in total. The van der Waals surface area contributed by atoms with E-state index < -0.39 is 0 Å². The number of benzene rings is 2. The molecule has 2 aromatic carbocycles. The number of hydrogen-bond acceptors (Lipinski definition) is 4. The minimum Gasteiger partial charge on any atom is -0.398 e. The van der Waals surface area contributed by atoms with Crippen LogP contribution in [-0.4, -0.2) is 4.92 Å². The van der Waals surface area contributed by atoms with E-state index in [0.717, 1.165) is 21.7 Å². The average Bonchev–Trinajstić information content (AvgIpc) is 2.41. The molecule has 0 spiro atoms. The van der Waals surface area contributed by atoms with Crippen LogP contribution in [-0.2, 0) is 5.75 Å². The Morgan fingerprint density at radius 1 is 1.26 bits per heavy atom. The number of hydrogen-bond donors (Lipinski definition) is 1. The van der Waals surface area contributed by atoms with Crippen LogP contribution in [0, 0.1) is 17.0 Å². The van der Waals surface area contributed by atoms with Gasteiger partial charge in [0, 0.05) is 28.5 Å². The Labute approximate surface area is 115 Å². The first-order chi connectivity index (χ1) is 9.08. The Morgan fingerprint density at radius 2 is 2.00 bits per heavy atom. The second-order valence-electron chi connectivity index (χ2n) is 4.20. The number of nitrogens with zero attached hydrogens (tertiary/aromatic N) is 1. The summed E-state index contributed by atoms with van der Waals surface area (Å²) in [4.78, 5) is 11.3. The molecule has 2 aromatic rings. The summed E-state index contributed by atoms with van der Waals surface area (Å²) in [7, 11) is 0. The maximum Gasteiger partial charge on any atom is 0.269 e. The number of nitro benzene ring substituents is 1. The van der Waals surface area contributed by atoms with Crippen LogP contribution in [0.15, 0.2) is 47.4 Å². The fourth-order valence-electron chi connectivity index (χ4n) is 1.70. The van der Waals surface area contributed by atoms with Crippen molar-refractivity contribution in [3.05, 3.63) is 63.7 Å². The first-order valence-corrected chi connectivity index (χ1v) is 6.77. The van der Waals surface area contributed by atoms with Crippen molar-refractivity contribution < 1.29 is 4.92 Å². The summed E-state index contributed by atoms with van der Waals surface area (Å²) in [5.74, 6) is 0.662. The van der Waals surface area contributed by atoms with Crippen molar-refractivity contribution in [1.82, 2.24) is 0 Å². The molecule has 4 nitrogen and oxygen atoms in total. The summed E-state index contributed by atoms with van der Waals surface area (Å²) in [6.45, 7) is 1.97. The van der Waals surface area contributed by atoms with Gasteiger partial charge in [-0.1, -0.05) is 24.3 Å². The van der Waals surface area contributed by atoms with Crippen molar-refractivity contribution in [2.24, 2.45) is 0 Å². The molecule has 0 aliphatic rings. The second-order valence-corrected chi connectivity index (χ2v) is 5.22. The second kappa shape index (κ2) is 5.75. The molecule has 0 aliphatic carbocycles. The van der Waals surface area contributed by atoms with Crippen LogP contribution in [0.25, 0.3) is 0 Å². The standard InChI is InChI=1S/C14H14N2O2S/c1-10-4-2-7-13(14(10)15)19-9-11-5-3-6-12(8-11)16(17)18/h2-8H,9,15H2,1H3. The molecule has 0 fully saturated rings. The predicted molar refractivity (Wildman–Crippen MR) is 78.2 cm³/mol. The van der Waals surface area contributed by atoms with E-state index >= 15 is 0 Å². The lowest BCUT2D eigenvalue weighted by molar-refractivity contribution is -0.384. The molecule has 0 bridgehead atoms. The van der Waals surface area contributed by atoms with Crippen LogP contribution in [0.3, 0.4) is 0 Å². The molecule has 98 valence electrons. The van der Waals surface area contributed by atoms with Gasteiger partial charge in [-0.15, -0.1) is 11.8 Å². The number of nitro groups is 1. The highest BCUT2D eigenvalue weighted by Gasteiger charge is 2.07. The van der Waals surface area contributed by atoms with E-state index in [9.17, 15) is 10.1 Å². The van der Waals surface area contributed by atoms with E-state index in [2.05, 4.69) is 0 Å². The fourth-order valence-corrected chi connectivity index (χ4v) is 2.69. The van der Waals surface area contributed by atoms with Gasteiger partial charge in [-0.25, -0.2) is 0 Å². The Bertz CT molecular complexity index is 614. The Kier molecular flexibility index (Phi) is 4.06. The highest BCUT2D eigenvalue weighted by atomic mass is 32.2. The lowest BCUT2D eigenvalue weighted by atomic mass is 10.2. The van der Waals surface area contributed by atoms with E-state index in [-0.39, 0.29) is 10.6 Å². The van der Waals surface area contributed by atoms with E-state index in [1.807, 2.05) is 31.2 Å². The van der Waals surface area contributed by atoms with Gasteiger partial charge in [0.25, 0.3) is 5.69 Å². The third-order valence-electron chi connectivity index (χ3n) is 2.80. The van der Waals surface area contributed by atoms with Crippen LogP contribution in [0.1, 0.15) is 11.1 Å². The highest BCUT2D eigenvalue weighted by molar-refractivity contribution is 7.98. The van der Waals surface area contributed by atoms with Crippen molar-refractivity contribution in [3.8, 4) is 0 Å². The molecule has 0 aromatic heterocycles. The van der Waals surface area contributed by atoms with Crippen molar-refractivity contribution in [3.63, 3.8) is 0 Å². The van der Waals surface area contributed by atoms with Gasteiger partial charge in [0.1, 0.15) is 0 Å². The molecule has 0 heterocycles. The lowest BCUT2D eigenvalue weighted by Gasteiger charge is -2.07. The van der Waals surface area contributed by atoms with Gasteiger partial charge < -0.3 is 5.73 Å². The molecule has 0 aliphatic heterocycles. The maximum atomic E-state index is 10.7. The third kappa shape index (κ3) is 3.26. The molecule has 2 rings (SSSR count). The Balaban J connectivity index is 2.12. The number of para-hydroxylation sites is 1. The topological polar surface area (TPSA) is 69.2 Å². The van der Waals surface area contributed by atoms with Crippen LogP contribution < -0.4 is 5.73 Å². The summed E-state index contributed by atoms with van der Waals surface area (Å²) in [6, 6.07) is 12.6. The fraction of sp³-hybridized carbons (Fsp3) is 0.143. The highest BCUT2D eigenvalue weighted by Crippen LogP contribution is 2.30. The summed E-state index contributed by atoms with van der Waals surface area (Å²) in [5.41, 5.74) is 8.85. The lowest BCUT2D eigenvalue weighted by Crippen LogP contribution is -1.93. The molecule has 0 radical (unpaired) electrons. The zero-order chi connectivity index (χ0) is 13.8. The number of aryl methyl sites for hydroxylation is 1. The predicted octanol–water partition coefficient (Wildman–Crippen LogP) is 3.78. The normalized spacial score (nSPS) is 10.4. The van der Waals surface area contributed by atoms with Gasteiger partial charge in [0.05, 0.1) is 4.92 Å². The van der Waals surface area contributed by atoms with Crippen molar-refractivity contribution in [2.45, 2.75) is 17.6 Å². The third-order valence-corrected chi connectivity index (χ3v) is 3.94. The van der Waals surface area contributed by atoms with Crippen LogP contribution in [0.5, 0.6) is 0 Å². The zero-order valence-electron chi connectivity index (χ0n) is 10.5. The van der Waals surface area contributed by atoms with Gasteiger partial charge in [0.15, 0.2) is 0 Å². The summed E-state index contributed by atoms with van der Waals surface area (Å²) in [6.07, 6.45) is 0. The van der Waals surface area contributed by atoms with Crippen LogP contribution >= 0.6 is 11.8 Å². The Hall–Kier alpha value is -2.01. The number of rotatable bonds is 4. The number of anilines is 1. The molecule has 5 heteroatoms. The monoisotopic (exact) mass is 274 g/mol. The number of nitrogens with two attached hydrogens (primary N) is 1. The maximum absolute atomic E-state index is 10.7. The molecular formula is C14H14N2O2S. The van der Waals surface area contributed by atoms with E-state index in [1.165, 1.54) is 6.07 Å². The summed E-state index contributed by atoms with van der Waals surface area (Å²) >= 11 is 1.59. The van der Waals surface area contributed by atoms with Crippen molar-refractivity contribution in [1.29, 1.82) is 0 Å². The summed E-state index contributed by atoms with van der Waals surface area (Å²) < 4.78 is 0. The van der Waals surface area contributed by atoms with E-state index in [0.29, 0.717) is 5.75 Å². The molecule has 0 saturated heterocycles. The molecule has 0 atom stereocenters. The number of nitrogen functional groups attached to an aromatic ring is 1. The van der Waals surface area contributed by atoms with Gasteiger partial charge in [0.2, 0.25) is 0 Å². The van der Waals surface area contributed by atoms with Gasteiger partial charge in [-0.3, -0.25) is 10.1 Å². The molecule has 0 amide bonds. The van der Waals surface area contributed by atoms with E-state index in [1.54, 1.807) is 23.9 Å². The minimum atomic E-state index is -0.380.